The van der Waals surface area contributed by atoms with Crippen molar-refractivity contribution in [1.82, 2.24) is 15.0 Å². The molecule has 0 aliphatic carbocycles. The van der Waals surface area contributed by atoms with Gasteiger partial charge in [-0.25, -0.2) is 9.97 Å². The highest BCUT2D eigenvalue weighted by Crippen LogP contribution is 2.44. The summed E-state index contributed by atoms with van der Waals surface area (Å²) >= 11 is 1.83. The molecule has 0 amide bonds. The Bertz CT molecular complexity index is 3210. The lowest BCUT2D eigenvalue weighted by atomic mass is 9.95. The molecule has 4 aromatic heterocycles. The minimum atomic E-state index is 0.665. The van der Waals surface area contributed by atoms with Gasteiger partial charge >= 0.3 is 0 Å². The largest absolute Gasteiger partial charge is 0.455 e. The fourth-order valence-electron chi connectivity index (χ4n) is 7.79. The number of nitrogens with zero attached hydrogens (tertiary/aromatic N) is 3. The summed E-state index contributed by atoms with van der Waals surface area (Å²) in [7, 11) is 0. The van der Waals surface area contributed by atoms with Gasteiger partial charge in [-0.15, -0.1) is 11.3 Å². The van der Waals surface area contributed by atoms with E-state index in [1.807, 2.05) is 47.9 Å². The van der Waals surface area contributed by atoms with E-state index in [0.717, 1.165) is 83.2 Å². The van der Waals surface area contributed by atoms with Crippen LogP contribution in [-0.4, -0.2) is 15.0 Å². The summed E-state index contributed by atoms with van der Waals surface area (Å²) in [6, 6.07) is 59.4. The third kappa shape index (κ3) is 5.01. The van der Waals surface area contributed by atoms with E-state index in [9.17, 15) is 0 Å². The number of fused-ring (bicyclic) bond motifs is 7. The first kappa shape index (κ1) is 30.7. The number of benzene rings is 7. The van der Waals surface area contributed by atoms with Crippen LogP contribution in [0.4, 0.5) is 0 Å². The maximum atomic E-state index is 6.74. The van der Waals surface area contributed by atoms with Gasteiger partial charge in [0, 0.05) is 64.8 Å². The third-order valence-corrected chi connectivity index (χ3v) is 11.5. The summed E-state index contributed by atoms with van der Waals surface area (Å²) in [5.74, 6) is 0.665. The van der Waals surface area contributed by atoms with Crippen LogP contribution in [0.3, 0.4) is 0 Å². The molecule has 0 aliphatic rings. The molecule has 0 radical (unpaired) electrons. The zero-order chi connectivity index (χ0) is 35.6. The summed E-state index contributed by atoms with van der Waals surface area (Å²) in [5.41, 5.74) is 11.8. The third-order valence-electron chi connectivity index (χ3n) is 10.4. The topological polar surface area (TPSA) is 51.8 Å². The fraction of sp³-hybridized carbons (Fsp3) is 0. The number of thiophene rings is 1. The molecule has 11 aromatic rings. The second kappa shape index (κ2) is 12.3. The van der Waals surface area contributed by atoms with Crippen LogP contribution in [0, 0.1) is 0 Å². The van der Waals surface area contributed by atoms with E-state index >= 15 is 0 Å². The van der Waals surface area contributed by atoms with Crippen molar-refractivity contribution < 1.29 is 4.42 Å². The van der Waals surface area contributed by atoms with Crippen LogP contribution < -0.4 is 0 Å². The molecule has 0 N–H and O–H groups in total. The molecule has 0 aliphatic heterocycles. The van der Waals surface area contributed by atoms with Gasteiger partial charge in [0.05, 0.1) is 16.9 Å². The summed E-state index contributed by atoms with van der Waals surface area (Å²) in [5, 5.41) is 5.80. The van der Waals surface area contributed by atoms with Gasteiger partial charge in [0.25, 0.3) is 0 Å². The normalized spacial score (nSPS) is 11.7. The Balaban J connectivity index is 1.09. The number of rotatable bonds is 5. The molecule has 252 valence electrons. The van der Waals surface area contributed by atoms with Crippen molar-refractivity contribution >= 4 is 64.4 Å². The van der Waals surface area contributed by atoms with E-state index in [4.69, 9.17) is 14.4 Å². The van der Waals surface area contributed by atoms with Gasteiger partial charge < -0.3 is 4.42 Å². The quantitative estimate of drug-likeness (QED) is 0.179. The Morgan fingerprint density at radius 1 is 0.426 bits per heavy atom. The van der Waals surface area contributed by atoms with E-state index < -0.39 is 0 Å². The van der Waals surface area contributed by atoms with E-state index in [2.05, 4.69) is 145 Å². The van der Waals surface area contributed by atoms with Gasteiger partial charge in [0.15, 0.2) is 5.82 Å². The molecule has 0 atom stereocenters. The molecular weight excluding hydrogens is 679 g/mol. The number of furan rings is 1. The van der Waals surface area contributed by atoms with E-state index in [1.165, 1.54) is 20.2 Å². The lowest BCUT2D eigenvalue weighted by Gasteiger charge is -2.12. The van der Waals surface area contributed by atoms with Gasteiger partial charge in [-0.2, -0.15) is 0 Å². The van der Waals surface area contributed by atoms with Crippen LogP contribution in [0.5, 0.6) is 0 Å². The Labute approximate surface area is 314 Å². The number of hydrogen-bond acceptors (Lipinski definition) is 5. The van der Waals surface area contributed by atoms with Gasteiger partial charge in [0.2, 0.25) is 0 Å². The number of para-hydroxylation sites is 1. The molecule has 54 heavy (non-hydrogen) atoms. The van der Waals surface area contributed by atoms with Crippen molar-refractivity contribution in [3.05, 3.63) is 176 Å². The monoisotopic (exact) mass is 707 g/mol. The predicted octanol–water partition coefficient (Wildman–Crippen LogP) is 13.6. The summed E-state index contributed by atoms with van der Waals surface area (Å²) < 4.78 is 9.30. The van der Waals surface area contributed by atoms with E-state index in [0.29, 0.717) is 5.82 Å². The molecule has 0 saturated carbocycles. The summed E-state index contributed by atoms with van der Waals surface area (Å²) in [6.07, 6.45) is 1.84. The lowest BCUT2D eigenvalue weighted by molar-refractivity contribution is 0.670. The fourth-order valence-corrected chi connectivity index (χ4v) is 8.93. The molecule has 5 heteroatoms. The highest BCUT2D eigenvalue weighted by Gasteiger charge is 2.20. The van der Waals surface area contributed by atoms with Crippen LogP contribution in [-0.2, 0) is 0 Å². The minimum Gasteiger partial charge on any atom is -0.455 e. The SMILES string of the molecule is c1ccc(-c2cc(-c3ccc(-c4ccc5c(c4)sc4ccccc45)c4oc5ccccc5c34)nc(-c3ccc(-c4cccc5ncccc45)cc3)n2)cc1. The number of hydrogen-bond donors (Lipinski definition) is 0. The van der Waals surface area contributed by atoms with Crippen molar-refractivity contribution in [3.8, 4) is 56.2 Å². The average molecular weight is 708 g/mol. The molecule has 4 heterocycles. The van der Waals surface area contributed by atoms with E-state index in [-0.39, 0.29) is 0 Å². The average Bonchev–Trinajstić information content (AvgIpc) is 3.82. The second-order valence-electron chi connectivity index (χ2n) is 13.6. The van der Waals surface area contributed by atoms with Crippen molar-refractivity contribution in [2.75, 3.05) is 0 Å². The lowest BCUT2D eigenvalue weighted by Crippen LogP contribution is -1.96. The predicted molar refractivity (Wildman–Crippen MR) is 225 cm³/mol. The van der Waals surface area contributed by atoms with Crippen molar-refractivity contribution in [2.45, 2.75) is 0 Å². The molecule has 7 aromatic carbocycles. The highest BCUT2D eigenvalue weighted by molar-refractivity contribution is 7.25. The first-order valence-electron chi connectivity index (χ1n) is 18.0. The minimum absolute atomic E-state index is 0.665. The molecule has 4 nitrogen and oxygen atoms in total. The van der Waals surface area contributed by atoms with Crippen molar-refractivity contribution in [1.29, 1.82) is 0 Å². The first-order valence-corrected chi connectivity index (χ1v) is 18.8. The van der Waals surface area contributed by atoms with Crippen molar-refractivity contribution in [3.63, 3.8) is 0 Å². The van der Waals surface area contributed by atoms with Gasteiger partial charge in [0.1, 0.15) is 11.2 Å². The van der Waals surface area contributed by atoms with Gasteiger partial charge in [-0.1, -0.05) is 127 Å². The van der Waals surface area contributed by atoms with Gasteiger partial charge in [-0.3, -0.25) is 4.98 Å². The molecule has 0 saturated heterocycles. The summed E-state index contributed by atoms with van der Waals surface area (Å²) in [4.78, 5) is 15.0. The zero-order valence-electron chi connectivity index (χ0n) is 28.9. The molecule has 11 rings (SSSR count). The van der Waals surface area contributed by atoms with Gasteiger partial charge in [-0.05, 0) is 59.2 Å². The summed E-state index contributed by atoms with van der Waals surface area (Å²) in [6.45, 7) is 0. The second-order valence-corrected chi connectivity index (χ2v) is 14.6. The molecular formula is C49H29N3OS. The molecule has 0 unspecified atom stereocenters. The van der Waals surface area contributed by atoms with Crippen LogP contribution in [0.25, 0.3) is 109 Å². The molecule has 0 spiro atoms. The highest BCUT2D eigenvalue weighted by atomic mass is 32.1. The van der Waals surface area contributed by atoms with E-state index in [1.54, 1.807) is 0 Å². The maximum Gasteiger partial charge on any atom is 0.160 e. The van der Waals surface area contributed by atoms with Crippen LogP contribution in [0.2, 0.25) is 0 Å². The van der Waals surface area contributed by atoms with Crippen LogP contribution >= 0.6 is 11.3 Å². The molecule has 0 bridgehead atoms. The molecule has 0 fully saturated rings. The van der Waals surface area contributed by atoms with Crippen molar-refractivity contribution in [2.24, 2.45) is 0 Å². The zero-order valence-corrected chi connectivity index (χ0v) is 29.7. The Hall–Kier alpha value is -6.95. The smallest absolute Gasteiger partial charge is 0.160 e. The Kier molecular flexibility index (Phi) is 7.00. The van der Waals surface area contributed by atoms with Crippen LogP contribution in [0.1, 0.15) is 0 Å². The number of aromatic nitrogens is 3. The Morgan fingerprint density at radius 2 is 1.15 bits per heavy atom. The van der Waals surface area contributed by atoms with Crippen LogP contribution in [0.15, 0.2) is 180 Å². The first-order chi connectivity index (χ1) is 26.7. The standard InChI is InChI=1S/C49H29N3OS/c1-2-10-31(11-3-1)42-29-43(52-49(51-42)32-21-19-30(20-22-32)34-14-8-16-41-36(34)15-9-27-50-41)39-26-25-35(48-47(39)40-13-4-6-17-44(40)53-48)33-23-24-38-37-12-5-7-18-45(37)54-46(38)28-33/h1-29H. The number of pyridine rings is 1. The maximum absolute atomic E-state index is 6.74. The Morgan fingerprint density at radius 3 is 2.06 bits per heavy atom.